The van der Waals surface area contributed by atoms with E-state index in [1.54, 1.807) is 39.0 Å². The summed E-state index contributed by atoms with van der Waals surface area (Å²) in [7, 11) is 3.29. The molecule has 0 spiro atoms. The van der Waals surface area contributed by atoms with Crippen molar-refractivity contribution in [3.8, 4) is 68.4 Å². The predicted molar refractivity (Wildman–Crippen MR) is 266 cm³/mol. The molecule has 10 aromatic rings. The number of pyridine rings is 2. The quantitative estimate of drug-likeness (QED) is 0.0332. The average Bonchev–Trinajstić information content (AvgIpc) is 4.27. The Balaban J connectivity index is 0.000000247. The van der Waals surface area contributed by atoms with Crippen molar-refractivity contribution in [3.63, 3.8) is 0 Å². The Morgan fingerprint density at radius 1 is 0.658 bits per heavy atom. The van der Waals surface area contributed by atoms with E-state index in [4.69, 9.17) is 52.4 Å². The molecule has 73 heavy (non-hydrogen) atoms. The smallest absolute Gasteiger partial charge is 1.00 e. The number of H-pyrrole nitrogens is 1. The number of carbonyl (C=O) groups is 1. The van der Waals surface area contributed by atoms with Gasteiger partial charge >= 0.3 is 103 Å². The Morgan fingerprint density at radius 3 is 1.56 bits per heavy atom. The maximum absolute atomic E-state index is 8.64. The van der Waals surface area contributed by atoms with Gasteiger partial charge in [0.05, 0.1) is 25.7 Å². The van der Waals surface area contributed by atoms with Crippen molar-refractivity contribution in [2.75, 3.05) is 14.2 Å². The minimum Gasteiger partial charge on any atom is -1.00 e. The van der Waals surface area contributed by atoms with Crippen LogP contribution in [0.3, 0.4) is 0 Å². The molecular weight excluding hydrogens is 1050 g/mol. The maximum Gasteiger partial charge on any atom is 1.00 e. The fourth-order valence-electron chi connectivity index (χ4n) is 6.37. The van der Waals surface area contributed by atoms with E-state index in [0.717, 1.165) is 56.8 Å². The Kier molecular flexibility index (Phi) is 24.4. The van der Waals surface area contributed by atoms with Gasteiger partial charge in [-0.3, -0.25) is 29.0 Å². The van der Waals surface area contributed by atoms with Crippen LogP contribution in [0.2, 0.25) is 0 Å². The fourth-order valence-corrected chi connectivity index (χ4v) is 7.50. The van der Waals surface area contributed by atoms with Crippen molar-refractivity contribution >= 4 is 42.1 Å². The molecule has 0 saturated carbocycles. The van der Waals surface area contributed by atoms with E-state index in [0.29, 0.717) is 39.1 Å². The van der Waals surface area contributed by atoms with Gasteiger partial charge in [-0.15, -0.1) is 21.8 Å². The molecule has 0 amide bonds. The molecule has 362 valence electrons. The van der Waals surface area contributed by atoms with Crippen LogP contribution in [0.25, 0.3) is 56.9 Å². The summed E-state index contributed by atoms with van der Waals surface area (Å²) in [4.78, 5) is 28.0. The summed E-state index contributed by atoms with van der Waals surface area (Å²) in [5.41, 5.74) is 7.95. The van der Waals surface area contributed by atoms with Crippen molar-refractivity contribution in [1.29, 1.82) is 0 Å². The van der Waals surface area contributed by atoms with E-state index < -0.39 is 0 Å². The minimum atomic E-state index is -0.181. The number of hydrogen-bond acceptors (Lipinski definition) is 18. The molecule has 19 nitrogen and oxygen atoms in total. The Bertz CT molecular complexity index is 3280. The van der Waals surface area contributed by atoms with Gasteiger partial charge in [-0.05, 0) is 98.9 Å². The molecule has 6 heterocycles. The predicted octanol–water partition coefficient (Wildman–Crippen LogP) is 3.33. The Morgan fingerprint density at radius 2 is 1.11 bits per heavy atom. The first-order valence-electron chi connectivity index (χ1n) is 21.1. The number of aromatic nitrogens is 12. The van der Waals surface area contributed by atoms with Gasteiger partial charge in [0.2, 0.25) is 23.4 Å². The van der Waals surface area contributed by atoms with Crippen molar-refractivity contribution < 1.29 is 138 Å². The Hall–Kier alpha value is -5.10. The van der Waals surface area contributed by atoms with Crippen LogP contribution >= 0.6 is 35.6 Å². The number of benzene rings is 4. The van der Waals surface area contributed by atoms with Crippen LogP contribution in [-0.4, -0.2) is 80.5 Å². The number of halogens is 1. The Labute approximate surface area is 519 Å². The second-order valence-electron chi connectivity index (χ2n) is 14.6. The first-order valence-corrected chi connectivity index (χ1v) is 23.1. The fraction of sp³-hybridized carbons (Fsp3) is 0.122. The van der Waals surface area contributed by atoms with Gasteiger partial charge in [-0.2, -0.15) is 15.1 Å². The van der Waals surface area contributed by atoms with Crippen LogP contribution in [0.5, 0.6) is 11.5 Å². The molecule has 6 aromatic heterocycles. The molecule has 0 saturated heterocycles. The summed E-state index contributed by atoms with van der Waals surface area (Å²) in [5, 5.41) is 33.1. The van der Waals surface area contributed by atoms with Gasteiger partial charge in [0, 0.05) is 52.7 Å². The summed E-state index contributed by atoms with van der Waals surface area (Å²) < 4.78 is 25.3. The largest absolute Gasteiger partial charge is 1.00 e. The van der Waals surface area contributed by atoms with Gasteiger partial charge in [0.25, 0.3) is 6.47 Å². The van der Waals surface area contributed by atoms with Crippen LogP contribution < -0.4 is 118 Å². The van der Waals surface area contributed by atoms with Crippen LogP contribution in [0.1, 0.15) is 24.3 Å². The summed E-state index contributed by atoms with van der Waals surface area (Å²) in [6.07, 6.45) is 6.93. The number of thioether (sulfide) groups is 1. The molecule has 0 aliphatic carbocycles. The molecule has 10 rings (SSSR count). The van der Waals surface area contributed by atoms with E-state index in [2.05, 4.69) is 55.5 Å². The number of rotatable bonds is 13. The normalized spacial score (nSPS) is 10.1. The molecule has 0 radical (unpaired) electrons. The number of alkyl halides is 1. The zero-order chi connectivity index (χ0) is 50.0. The summed E-state index contributed by atoms with van der Waals surface area (Å²) in [5.74, 6) is 5.88. The molecule has 0 atom stereocenters. The van der Waals surface area contributed by atoms with E-state index in [1.807, 2.05) is 144 Å². The number of aromatic amines is 1. The van der Waals surface area contributed by atoms with Crippen molar-refractivity contribution in [2.45, 2.75) is 30.6 Å². The third kappa shape index (κ3) is 16.4. The number of aryl methyl sites for hydroxylation is 2. The number of ether oxygens (including phenoxy) is 2. The first-order chi connectivity index (χ1) is 34.7. The number of nitrogens with one attached hydrogen (secondary N) is 1. The molecule has 0 aliphatic heterocycles. The topological polar surface area (TPSA) is 236 Å². The number of nitrogens with zero attached hydrogens (tertiary/aromatic N) is 11. The molecule has 1 N–H and O–H groups in total. The summed E-state index contributed by atoms with van der Waals surface area (Å²) >= 11 is 12.3. The second kappa shape index (κ2) is 30.3. The van der Waals surface area contributed by atoms with Gasteiger partial charge in [-0.25, -0.2) is 0 Å². The number of carbonyl (C=O) groups excluding carboxylic acids is 1. The van der Waals surface area contributed by atoms with E-state index >= 15 is 0 Å². The number of hydrogen-bond donors (Lipinski definition) is 1. The summed E-state index contributed by atoms with van der Waals surface area (Å²) in [6.45, 7) is 3.89. The third-order valence-electron chi connectivity index (χ3n) is 9.88. The van der Waals surface area contributed by atoms with E-state index in [9.17, 15) is 0 Å². The van der Waals surface area contributed by atoms with Crippen LogP contribution in [0, 0.1) is 18.6 Å². The van der Waals surface area contributed by atoms with Gasteiger partial charge in [0.1, 0.15) is 17.4 Å². The molecule has 0 bridgehead atoms. The zero-order valence-electron chi connectivity index (χ0n) is 41.3. The second-order valence-corrected chi connectivity index (χ2v) is 16.2. The summed E-state index contributed by atoms with van der Waals surface area (Å²) in [6, 6.07) is 39.0. The molecule has 4 aromatic carbocycles. The maximum atomic E-state index is 8.64. The third-order valence-corrected chi connectivity index (χ3v) is 11.3. The van der Waals surface area contributed by atoms with Gasteiger partial charge < -0.3 is 30.1 Å². The van der Waals surface area contributed by atoms with Gasteiger partial charge in [-0.1, -0.05) is 81.7 Å². The standard InChI is InChI=1S/C24H20N6O2S.C14H12N4OS.C10H9ClN2O.CH2O3.2K.H/c1-16-3-5-17(6-4-16)22-26-21(32-29-22)15-33-24-28-27-23(18-11-13-25-14-12-18)30(24)19-7-9-20(31-2)10-8-19;1-19-12-4-2-11(3-5-12)18-13(16-17-14(18)20)10-6-8-15-9-7-10;1-7-2-4-8(5-3-7)10-12-9(6-11)14-13-10;2-1-4-3;;;/h3-14H,15H2,1-2H3;2-9H,1H3,(H,17,20);2-5H,6H2,1H3;1,3H;;;/q;;;;2*+1;-1/p-1. The van der Waals surface area contributed by atoms with Crippen LogP contribution in [-0.2, 0) is 21.3 Å². The van der Waals surface area contributed by atoms with Crippen LogP contribution in [0.15, 0.2) is 160 Å². The van der Waals surface area contributed by atoms with E-state index in [-0.39, 0.29) is 117 Å². The molecule has 0 fully saturated rings. The zero-order valence-corrected chi connectivity index (χ0v) is 49.0. The van der Waals surface area contributed by atoms with Crippen molar-refractivity contribution in [2.24, 2.45) is 0 Å². The van der Waals surface area contributed by atoms with E-state index in [1.165, 1.54) is 22.9 Å². The molecule has 0 unspecified atom stereocenters. The minimum absolute atomic E-state index is 0. The van der Waals surface area contributed by atoms with Crippen molar-refractivity contribution in [1.82, 2.24) is 59.8 Å². The molecule has 0 aliphatic rings. The van der Waals surface area contributed by atoms with Crippen LogP contribution in [0.4, 0.5) is 0 Å². The SMILES string of the molecule is COc1ccc(-n2c(-c3ccncc3)n[nH]c2=S)cc1.COc1ccc(-n2c(SCc3nc(-c4ccc(C)cc4)no3)nnc2-c2ccncc2)cc1.Cc1ccc(-c2noc(CCl)n2)cc1.O=CO[O-].[H-].[K+].[K+]. The molecule has 24 heteroatoms. The van der Waals surface area contributed by atoms with Crippen molar-refractivity contribution in [3.05, 3.63) is 174 Å². The van der Waals surface area contributed by atoms with Gasteiger partial charge in [0.15, 0.2) is 21.6 Å². The first kappa shape index (κ1) is 58.8. The number of methoxy groups -OCH3 is 2. The average molecular weight is 1090 g/mol. The monoisotopic (exact) mass is 1090 g/mol. The molecular formula is C49H43ClK2N12O7S2.